The van der Waals surface area contributed by atoms with E-state index in [2.05, 4.69) is 15.0 Å². The summed E-state index contributed by atoms with van der Waals surface area (Å²) in [6.07, 6.45) is -3.82. The summed E-state index contributed by atoms with van der Waals surface area (Å²) >= 11 is 1.70. The van der Waals surface area contributed by atoms with Crippen LogP contribution in [-0.2, 0) is 16.8 Å². The fraction of sp³-hybridized carbons (Fsp3) is 0.353. The number of nitrogens with zero attached hydrogens (tertiary/aromatic N) is 1. The molecule has 1 aliphatic rings. The minimum Gasteiger partial charge on any atom is -0.406 e. The van der Waals surface area contributed by atoms with Crippen molar-refractivity contribution in [2.24, 2.45) is 10.7 Å². The van der Waals surface area contributed by atoms with Crippen molar-refractivity contribution in [1.29, 1.82) is 0 Å². The minimum absolute atomic E-state index is 0. The standard InChI is InChI=1S/C17H18F3N3O2S.HI/c1-16(13-7-9-26-14(13)6-8-24-16)10-22-15(21)23-11-2-4-12(5-3-11)25-17(18,19)20;/h2-5,7,9H,6,8,10H2,1H3,(H3,21,22,23);1H. The number of aliphatic imine (C=N–C) groups is 1. The summed E-state index contributed by atoms with van der Waals surface area (Å²) in [4.78, 5) is 5.62. The van der Waals surface area contributed by atoms with Crippen LogP contribution in [0.25, 0.3) is 0 Å². The maximum absolute atomic E-state index is 12.2. The maximum atomic E-state index is 12.2. The zero-order valence-corrected chi connectivity index (χ0v) is 17.5. The van der Waals surface area contributed by atoms with Gasteiger partial charge < -0.3 is 20.5 Å². The lowest BCUT2D eigenvalue weighted by Crippen LogP contribution is -2.36. The molecule has 1 atom stereocenters. The summed E-state index contributed by atoms with van der Waals surface area (Å²) in [7, 11) is 0. The van der Waals surface area contributed by atoms with Gasteiger partial charge in [-0.1, -0.05) is 0 Å². The number of nitrogens with two attached hydrogens (primary N) is 1. The Labute approximate surface area is 175 Å². The first kappa shape index (κ1) is 21.8. The highest BCUT2D eigenvalue weighted by atomic mass is 127. The second-order valence-corrected chi connectivity index (χ2v) is 6.99. The zero-order chi connectivity index (χ0) is 18.8. The van der Waals surface area contributed by atoms with E-state index in [0.29, 0.717) is 18.8 Å². The monoisotopic (exact) mass is 513 g/mol. The molecule has 0 amide bonds. The average Bonchev–Trinajstić information content (AvgIpc) is 3.04. The highest BCUT2D eigenvalue weighted by Gasteiger charge is 2.34. The lowest BCUT2D eigenvalue weighted by atomic mass is 9.93. The van der Waals surface area contributed by atoms with Crippen molar-refractivity contribution in [1.82, 2.24) is 0 Å². The molecule has 5 nitrogen and oxygen atoms in total. The Morgan fingerprint density at radius 1 is 1.33 bits per heavy atom. The van der Waals surface area contributed by atoms with Crippen LogP contribution in [0.4, 0.5) is 18.9 Å². The van der Waals surface area contributed by atoms with Crippen LogP contribution in [0.2, 0.25) is 0 Å². The van der Waals surface area contributed by atoms with Crippen molar-refractivity contribution in [2.45, 2.75) is 25.3 Å². The van der Waals surface area contributed by atoms with Gasteiger partial charge in [-0.3, -0.25) is 0 Å². The number of nitrogens with one attached hydrogen (secondary N) is 1. The number of hydrogen-bond acceptors (Lipinski definition) is 4. The van der Waals surface area contributed by atoms with Crippen molar-refractivity contribution in [2.75, 3.05) is 18.5 Å². The van der Waals surface area contributed by atoms with Crippen molar-refractivity contribution in [3.8, 4) is 5.75 Å². The number of halogens is 4. The van der Waals surface area contributed by atoms with Crippen LogP contribution < -0.4 is 15.8 Å². The summed E-state index contributed by atoms with van der Waals surface area (Å²) in [6, 6.07) is 7.30. The predicted octanol–water partition coefficient (Wildman–Crippen LogP) is 4.48. The van der Waals surface area contributed by atoms with Crippen molar-refractivity contribution < 1.29 is 22.6 Å². The molecule has 0 saturated heterocycles. The quantitative estimate of drug-likeness (QED) is 0.360. The first-order chi connectivity index (χ1) is 12.3. The number of anilines is 1. The van der Waals surface area contributed by atoms with Gasteiger partial charge in [0.15, 0.2) is 5.96 Å². The fourth-order valence-corrected chi connectivity index (χ4v) is 3.73. The Hall–Kier alpha value is -1.53. The second-order valence-electron chi connectivity index (χ2n) is 5.99. The van der Waals surface area contributed by atoms with E-state index in [9.17, 15) is 13.2 Å². The maximum Gasteiger partial charge on any atom is 0.573 e. The second kappa shape index (κ2) is 8.65. The highest BCUT2D eigenvalue weighted by molar-refractivity contribution is 14.0. The number of alkyl halides is 3. The molecule has 0 aliphatic carbocycles. The molecule has 1 aromatic heterocycles. The van der Waals surface area contributed by atoms with E-state index in [-0.39, 0.29) is 35.7 Å². The van der Waals surface area contributed by atoms with Gasteiger partial charge in [-0.2, -0.15) is 0 Å². The molecule has 3 N–H and O–H groups in total. The summed E-state index contributed by atoms with van der Waals surface area (Å²) in [5.41, 5.74) is 6.98. The van der Waals surface area contributed by atoms with Crippen molar-refractivity contribution in [3.05, 3.63) is 46.2 Å². The first-order valence-electron chi connectivity index (χ1n) is 7.89. The van der Waals surface area contributed by atoms with Gasteiger partial charge in [-0.25, -0.2) is 4.99 Å². The Morgan fingerprint density at radius 3 is 2.70 bits per heavy atom. The van der Waals surface area contributed by atoms with Crippen LogP contribution >= 0.6 is 35.3 Å². The topological polar surface area (TPSA) is 68.9 Å². The van der Waals surface area contributed by atoms with Gasteiger partial charge >= 0.3 is 6.36 Å². The molecule has 10 heteroatoms. The van der Waals surface area contributed by atoms with E-state index in [4.69, 9.17) is 10.5 Å². The molecular weight excluding hydrogens is 494 g/mol. The third-order valence-corrected chi connectivity index (χ3v) is 4.96. The third kappa shape index (κ3) is 5.72. The molecule has 1 aromatic carbocycles. The molecule has 1 aliphatic heterocycles. The minimum atomic E-state index is -4.72. The molecule has 2 aromatic rings. The van der Waals surface area contributed by atoms with Crippen LogP contribution in [-0.4, -0.2) is 25.5 Å². The van der Waals surface area contributed by atoms with E-state index in [1.807, 2.05) is 18.4 Å². The van der Waals surface area contributed by atoms with E-state index >= 15 is 0 Å². The Kier molecular flexibility index (Phi) is 6.98. The van der Waals surface area contributed by atoms with E-state index < -0.39 is 12.0 Å². The van der Waals surface area contributed by atoms with Gasteiger partial charge in [0.05, 0.1) is 13.2 Å². The van der Waals surface area contributed by atoms with Crippen LogP contribution in [0.15, 0.2) is 40.7 Å². The Bertz CT molecular complexity index is 795. The summed E-state index contributed by atoms with van der Waals surface area (Å²) in [5.74, 6) is -0.145. The number of rotatable bonds is 4. The summed E-state index contributed by atoms with van der Waals surface area (Å²) < 4.78 is 46.2. The van der Waals surface area contributed by atoms with Crippen LogP contribution in [0.1, 0.15) is 17.4 Å². The van der Waals surface area contributed by atoms with Gasteiger partial charge in [0, 0.05) is 17.0 Å². The number of ether oxygens (including phenoxy) is 2. The van der Waals surface area contributed by atoms with Crippen LogP contribution in [0.3, 0.4) is 0 Å². The normalized spacial score (nSPS) is 19.8. The lowest BCUT2D eigenvalue weighted by Gasteiger charge is -2.33. The number of guanidine groups is 1. The molecular formula is C17H19F3IN3O2S. The number of benzene rings is 1. The molecule has 148 valence electrons. The smallest absolute Gasteiger partial charge is 0.406 e. The summed E-state index contributed by atoms with van der Waals surface area (Å²) in [5, 5.41) is 4.88. The van der Waals surface area contributed by atoms with Gasteiger partial charge in [-0.15, -0.1) is 48.5 Å². The van der Waals surface area contributed by atoms with E-state index in [0.717, 1.165) is 12.0 Å². The molecule has 0 radical (unpaired) electrons. The number of hydrogen-bond donors (Lipinski definition) is 2. The predicted molar refractivity (Wildman–Crippen MR) is 110 cm³/mol. The summed E-state index contributed by atoms with van der Waals surface area (Å²) in [6.45, 7) is 2.94. The number of fused-ring (bicyclic) bond motifs is 1. The van der Waals surface area contributed by atoms with Crippen LogP contribution in [0.5, 0.6) is 5.75 Å². The molecule has 1 unspecified atom stereocenters. The van der Waals surface area contributed by atoms with Crippen molar-refractivity contribution in [3.63, 3.8) is 0 Å². The molecule has 0 bridgehead atoms. The van der Waals surface area contributed by atoms with Gasteiger partial charge in [-0.05, 0) is 48.2 Å². The van der Waals surface area contributed by atoms with E-state index in [1.165, 1.54) is 29.1 Å². The molecule has 0 spiro atoms. The SMILES string of the molecule is CC1(CN=C(N)Nc2ccc(OC(F)(F)F)cc2)OCCc2sccc21.I. The zero-order valence-electron chi connectivity index (χ0n) is 14.4. The molecule has 0 saturated carbocycles. The third-order valence-electron chi connectivity index (χ3n) is 3.98. The molecule has 27 heavy (non-hydrogen) atoms. The Morgan fingerprint density at radius 2 is 2.04 bits per heavy atom. The first-order valence-corrected chi connectivity index (χ1v) is 8.77. The molecule has 3 rings (SSSR count). The van der Waals surface area contributed by atoms with Crippen LogP contribution in [0, 0.1) is 0 Å². The van der Waals surface area contributed by atoms with E-state index in [1.54, 1.807) is 11.3 Å². The molecule has 2 heterocycles. The average molecular weight is 513 g/mol. The highest BCUT2D eigenvalue weighted by Crippen LogP contribution is 2.36. The van der Waals surface area contributed by atoms with Gasteiger partial charge in [0.25, 0.3) is 0 Å². The van der Waals surface area contributed by atoms with Gasteiger partial charge in [0.1, 0.15) is 11.4 Å². The fourth-order valence-electron chi connectivity index (χ4n) is 2.75. The Balaban J connectivity index is 0.00000261. The number of thiophene rings is 1. The molecule has 0 fully saturated rings. The lowest BCUT2D eigenvalue weighted by molar-refractivity contribution is -0.274. The largest absolute Gasteiger partial charge is 0.573 e. The van der Waals surface area contributed by atoms with Crippen molar-refractivity contribution >= 4 is 47.0 Å². The van der Waals surface area contributed by atoms with Gasteiger partial charge in [0.2, 0.25) is 0 Å².